The van der Waals surface area contributed by atoms with Crippen LogP contribution >= 0.6 is 11.8 Å². The van der Waals surface area contributed by atoms with Gasteiger partial charge in [-0.3, -0.25) is 4.79 Å². The molecule has 1 rings (SSSR count). The van der Waals surface area contributed by atoms with Crippen LogP contribution in [-0.2, 0) is 4.79 Å². The molecule has 0 aromatic carbocycles. The smallest absolute Gasteiger partial charge is 0.238 e. The van der Waals surface area contributed by atoms with Crippen LogP contribution in [0.4, 0.5) is 0 Å². The summed E-state index contributed by atoms with van der Waals surface area (Å²) in [7, 11) is 0. The molecule has 0 heterocycles. The zero-order valence-corrected chi connectivity index (χ0v) is 9.37. The number of primary amides is 1. The Balaban J connectivity index is 2.36. The van der Waals surface area contributed by atoms with Crippen molar-refractivity contribution < 1.29 is 15.0 Å². The van der Waals surface area contributed by atoms with Gasteiger partial charge in [-0.2, -0.15) is 11.8 Å². The van der Waals surface area contributed by atoms with E-state index in [2.05, 4.69) is 0 Å². The molecular formula is C9H18N2O3S. The molecule has 0 radical (unpaired) electrons. The van der Waals surface area contributed by atoms with E-state index in [0.717, 1.165) is 12.8 Å². The lowest BCUT2D eigenvalue weighted by Gasteiger charge is -2.25. The maximum Gasteiger partial charge on any atom is 0.238 e. The fourth-order valence-corrected chi connectivity index (χ4v) is 2.62. The van der Waals surface area contributed by atoms with Crippen molar-refractivity contribution in [3.63, 3.8) is 0 Å². The largest absolute Gasteiger partial charge is 0.394 e. The summed E-state index contributed by atoms with van der Waals surface area (Å²) in [5.74, 6) is 0.490. The lowest BCUT2D eigenvalue weighted by Crippen LogP contribution is -2.56. The Bertz CT molecular complexity index is 235. The number of amides is 1. The highest BCUT2D eigenvalue weighted by Crippen LogP contribution is 2.39. The predicted octanol–water partition coefficient (Wildman–Crippen LogP) is -1.33. The fourth-order valence-electron chi connectivity index (χ4n) is 1.41. The Hall–Kier alpha value is -0.300. The Morgan fingerprint density at radius 1 is 1.60 bits per heavy atom. The van der Waals surface area contributed by atoms with Crippen molar-refractivity contribution in [3.05, 3.63) is 0 Å². The van der Waals surface area contributed by atoms with E-state index in [4.69, 9.17) is 21.7 Å². The summed E-state index contributed by atoms with van der Waals surface area (Å²) in [5.41, 5.74) is 10.3. The first-order chi connectivity index (χ1) is 7.00. The zero-order chi connectivity index (χ0) is 11.5. The van der Waals surface area contributed by atoms with Crippen LogP contribution in [0.1, 0.15) is 12.8 Å². The predicted molar refractivity (Wildman–Crippen MR) is 59.3 cm³/mol. The standard InChI is InChI=1S/C9H18N2O3S/c10-8(14)9(11,6-1-2-6)5-15-4-7(13)3-12/h6-7,12-13H,1-5,11H2,(H2,10,14). The molecule has 2 atom stereocenters. The normalized spacial score (nSPS) is 22.1. The van der Waals surface area contributed by atoms with E-state index >= 15 is 0 Å². The van der Waals surface area contributed by atoms with Crippen molar-refractivity contribution in [2.45, 2.75) is 24.5 Å². The van der Waals surface area contributed by atoms with E-state index in [1.165, 1.54) is 11.8 Å². The summed E-state index contributed by atoms with van der Waals surface area (Å²) in [4.78, 5) is 11.2. The van der Waals surface area contributed by atoms with E-state index < -0.39 is 17.6 Å². The molecule has 0 bridgehead atoms. The Labute approximate surface area is 93.2 Å². The highest BCUT2D eigenvalue weighted by molar-refractivity contribution is 7.99. The van der Waals surface area contributed by atoms with Gasteiger partial charge in [-0.1, -0.05) is 0 Å². The van der Waals surface area contributed by atoms with E-state index in [9.17, 15) is 4.79 Å². The molecule has 5 nitrogen and oxygen atoms in total. The van der Waals surface area contributed by atoms with Crippen LogP contribution in [0.5, 0.6) is 0 Å². The molecule has 0 aromatic heterocycles. The summed E-state index contributed by atoms with van der Waals surface area (Å²) < 4.78 is 0. The number of aliphatic hydroxyl groups is 2. The number of hydrogen-bond acceptors (Lipinski definition) is 5. The lowest BCUT2D eigenvalue weighted by atomic mass is 9.96. The minimum Gasteiger partial charge on any atom is -0.394 e. The Morgan fingerprint density at radius 3 is 2.60 bits per heavy atom. The van der Waals surface area contributed by atoms with Gasteiger partial charge >= 0.3 is 0 Å². The second-order valence-electron chi connectivity index (χ2n) is 4.03. The van der Waals surface area contributed by atoms with E-state index in [0.29, 0.717) is 11.5 Å². The van der Waals surface area contributed by atoms with Crippen molar-refractivity contribution in [1.82, 2.24) is 0 Å². The molecule has 6 N–H and O–H groups in total. The Morgan fingerprint density at radius 2 is 2.20 bits per heavy atom. The Kier molecular flexibility index (Phi) is 4.39. The van der Waals surface area contributed by atoms with E-state index in [1.807, 2.05) is 0 Å². The van der Waals surface area contributed by atoms with E-state index in [1.54, 1.807) is 0 Å². The number of rotatable bonds is 7. The van der Waals surface area contributed by atoms with Crippen LogP contribution in [0.2, 0.25) is 0 Å². The first kappa shape index (κ1) is 12.8. The van der Waals surface area contributed by atoms with Gasteiger partial charge in [0.05, 0.1) is 12.7 Å². The van der Waals surface area contributed by atoms with Gasteiger partial charge in [0.2, 0.25) is 5.91 Å². The van der Waals surface area contributed by atoms with Gasteiger partial charge in [0.1, 0.15) is 5.54 Å². The minimum atomic E-state index is -0.945. The highest BCUT2D eigenvalue weighted by atomic mass is 32.2. The molecule has 15 heavy (non-hydrogen) atoms. The molecule has 0 aromatic rings. The summed E-state index contributed by atoms with van der Waals surface area (Å²) in [6.07, 6.45) is 1.14. The number of nitrogens with two attached hydrogens (primary N) is 2. The van der Waals surface area contributed by atoms with Crippen LogP contribution in [0.3, 0.4) is 0 Å². The van der Waals surface area contributed by atoms with Crippen LogP contribution < -0.4 is 11.5 Å². The highest BCUT2D eigenvalue weighted by Gasteiger charge is 2.46. The van der Waals surface area contributed by atoms with Gasteiger partial charge in [0.15, 0.2) is 0 Å². The van der Waals surface area contributed by atoms with Gasteiger partial charge in [0.25, 0.3) is 0 Å². The van der Waals surface area contributed by atoms with Gasteiger partial charge in [-0.05, 0) is 18.8 Å². The maximum atomic E-state index is 11.2. The van der Waals surface area contributed by atoms with E-state index in [-0.39, 0.29) is 12.5 Å². The van der Waals surface area contributed by atoms with Gasteiger partial charge in [0, 0.05) is 11.5 Å². The minimum absolute atomic E-state index is 0.189. The summed E-state index contributed by atoms with van der Waals surface area (Å²) in [6, 6.07) is 0. The first-order valence-electron chi connectivity index (χ1n) is 4.96. The number of thioether (sulfide) groups is 1. The molecule has 0 saturated heterocycles. The van der Waals surface area contributed by atoms with Crippen molar-refractivity contribution in [2.24, 2.45) is 17.4 Å². The van der Waals surface area contributed by atoms with Crippen LogP contribution in [0.25, 0.3) is 0 Å². The van der Waals surface area contributed by atoms with Crippen LogP contribution in [-0.4, -0.2) is 45.9 Å². The van der Waals surface area contributed by atoms with Crippen molar-refractivity contribution >= 4 is 17.7 Å². The van der Waals surface area contributed by atoms with Gasteiger partial charge < -0.3 is 21.7 Å². The number of carbonyl (C=O) groups is 1. The SMILES string of the molecule is NC(=O)C(N)(CSCC(O)CO)C1CC1. The summed E-state index contributed by atoms with van der Waals surface area (Å²) in [5, 5.41) is 17.7. The molecule has 1 fully saturated rings. The summed E-state index contributed by atoms with van der Waals surface area (Å²) in [6.45, 7) is -0.273. The lowest BCUT2D eigenvalue weighted by molar-refractivity contribution is -0.123. The van der Waals surface area contributed by atoms with Crippen molar-refractivity contribution in [2.75, 3.05) is 18.1 Å². The average Bonchev–Trinajstić information content (AvgIpc) is 3.00. The van der Waals surface area contributed by atoms with Gasteiger partial charge in [-0.25, -0.2) is 0 Å². The fraction of sp³-hybridized carbons (Fsp3) is 0.889. The third-order valence-electron chi connectivity index (χ3n) is 2.63. The number of carbonyl (C=O) groups excluding carboxylic acids is 1. The molecular weight excluding hydrogens is 216 g/mol. The number of aliphatic hydroxyl groups excluding tert-OH is 2. The van der Waals surface area contributed by atoms with Crippen molar-refractivity contribution in [3.8, 4) is 0 Å². The molecule has 2 unspecified atom stereocenters. The molecule has 0 spiro atoms. The number of hydrogen-bond donors (Lipinski definition) is 4. The molecule has 1 aliphatic carbocycles. The second kappa shape index (κ2) is 5.16. The van der Waals surface area contributed by atoms with Gasteiger partial charge in [-0.15, -0.1) is 0 Å². The zero-order valence-electron chi connectivity index (χ0n) is 8.56. The molecule has 88 valence electrons. The molecule has 1 saturated carbocycles. The first-order valence-corrected chi connectivity index (χ1v) is 6.11. The maximum absolute atomic E-state index is 11.2. The third-order valence-corrected chi connectivity index (χ3v) is 3.93. The topological polar surface area (TPSA) is 110 Å². The van der Waals surface area contributed by atoms with Crippen molar-refractivity contribution in [1.29, 1.82) is 0 Å². The third kappa shape index (κ3) is 3.34. The monoisotopic (exact) mass is 234 g/mol. The van der Waals surface area contributed by atoms with Crippen LogP contribution in [0.15, 0.2) is 0 Å². The molecule has 6 heteroatoms. The van der Waals surface area contributed by atoms with Crippen LogP contribution in [0, 0.1) is 5.92 Å². The second-order valence-corrected chi connectivity index (χ2v) is 5.06. The molecule has 1 amide bonds. The quantitative estimate of drug-likeness (QED) is 0.436. The molecule has 0 aliphatic heterocycles. The summed E-state index contributed by atoms with van der Waals surface area (Å²) >= 11 is 1.35. The average molecular weight is 234 g/mol. The molecule has 1 aliphatic rings.